The number of amides is 2. The van der Waals surface area contributed by atoms with Gasteiger partial charge in [0.25, 0.3) is 0 Å². The molecule has 1 aromatic rings. The van der Waals surface area contributed by atoms with Crippen molar-refractivity contribution in [2.24, 2.45) is 5.41 Å². The van der Waals surface area contributed by atoms with E-state index < -0.39 is 29.0 Å². The summed E-state index contributed by atoms with van der Waals surface area (Å²) in [5.74, 6) is -2.24. The van der Waals surface area contributed by atoms with Crippen molar-refractivity contribution in [1.29, 1.82) is 0 Å². The van der Waals surface area contributed by atoms with Crippen molar-refractivity contribution in [2.45, 2.75) is 26.8 Å². The summed E-state index contributed by atoms with van der Waals surface area (Å²) in [4.78, 5) is 22.6. The Morgan fingerprint density at radius 3 is 2.52 bits per heavy atom. The van der Waals surface area contributed by atoms with Gasteiger partial charge in [-0.15, -0.1) is 0 Å². The molecule has 0 aliphatic rings. The molecular formula is C14H18F2N2O3. The number of aliphatic carboxylic acids is 1. The minimum Gasteiger partial charge on any atom is -0.481 e. The number of nitrogens with one attached hydrogen (secondary N) is 2. The van der Waals surface area contributed by atoms with E-state index >= 15 is 0 Å². The maximum Gasteiger partial charge on any atom is 0.315 e. The van der Waals surface area contributed by atoms with Crippen LogP contribution >= 0.6 is 0 Å². The molecule has 2 amide bonds. The molecule has 21 heavy (non-hydrogen) atoms. The van der Waals surface area contributed by atoms with Crippen LogP contribution < -0.4 is 10.6 Å². The number of carbonyl (C=O) groups excluding carboxylic acids is 1. The Hall–Kier alpha value is -2.18. The molecule has 3 N–H and O–H groups in total. The summed E-state index contributed by atoms with van der Waals surface area (Å²) in [6.07, 6.45) is 0.348. The van der Waals surface area contributed by atoms with Gasteiger partial charge in [0.05, 0.1) is 5.41 Å². The zero-order valence-corrected chi connectivity index (χ0v) is 11.9. The van der Waals surface area contributed by atoms with E-state index in [2.05, 4.69) is 10.6 Å². The summed E-state index contributed by atoms with van der Waals surface area (Å²) < 4.78 is 26.3. The van der Waals surface area contributed by atoms with E-state index in [1.807, 2.05) is 0 Å². The van der Waals surface area contributed by atoms with Crippen molar-refractivity contribution in [2.75, 3.05) is 6.54 Å². The second kappa shape index (κ2) is 7.01. The van der Waals surface area contributed by atoms with Crippen molar-refractivity contribution < 1.29 is 23.5 Å². The van der Waals surface area contributed by atoms with Crippen LogP contribution in [0.5, 0.6) is 0 Å². The normalized spacial score (nSPS) is 13.3. The second-order valence-corrected chi connectivity index (χ2v) is 4.99. The first-order valence-electron chi connectivity index (χ1n) is 6.47. The van der Waals surface area contributed by atoms with Gasteiger partial charge in [-0.3, -0.25) is 4.79 Å². The Kier molecular flexibility index (Phi) is 5.63. The zero-order valence-electron chi connectivity index (χ0n) is 11.9. The predicted octanol–water partition coefficient (Wildman–Crippen LogP) is 2.26. The first-order chi connectivity index (χ1) is 9.78. The number of carbonyl (C=O) groups is 2. The fourth-order valence-electron chi connectivity index (χ4n) is 1.54. The number of hydrogen-bond acceptors (Lipinski definition) is 2. The molecule has 0 radical (unpaired) electrons. The standard InChI is InChI=1S/C14H18F2N2O3/c1-3-14(2,12(19)20)8-18-13(21)17-7-9-6-10(15)4-5-11(9)16/h4-6H,3,7-8H2,1-2H3,(H,19,20)(H2,17,18,21). The number of benzene rings is 1. The molecule has 0 heterocycles. The molecule has 0 aliphatic carbocycles. The third-order valence-corrected chi connectivity index (χ3v) is 3.38. The fraction of sp³-hybridized carbons (Fsp3) is 0.429. The molecule has 0 aliphatic heterocycles. The lowest BCUT2D eigenvalue weighted by molar-refractivity contribution is -0.147. The van der Waals surface area contributed by atoms with Crippen molar-refractivity contribution in [1.82, 2.24) is 10.6 Å². The maximum atomic E-state index is 13.3. The molecule has 1 aromatic carbocycles. The van der Waals surface area contributed by atoms with E-state index in [1.54, 1.807) is 6.92 Å². The Labute approximate surface area is 121 Å². The van der Waals surface area contributed by atoms with Crippen LogP contribution in [0.3, 0.4) is 0 Å². The lowest BCUT2D eigenvalue weighted by atomic mass is 9.88. The van der Waals surface area contributed by atoms with Gasteiger partial charge in [0.1, 0.15) is 11.6 Å². The average Bonchev–Trinajstić information content (AvgIpc) is 2.45. The van der Waals surface area contributed by atoms with Crippen LogP contribution in [0, 0.1) is 17.0 Å². The Morgan fingerprint density at radius 2 is 1.95 bits per heavy atom. The summed E-state index contributed by atoms with van der Waals surface area (Å²) in [7, 11) is 0. The summed E-state index contributed by atoms with van der Waals surface area (Å²) in [5, 5.41) is 13.8. The van der Waals surface area contributed by atoms with E-state index in [0.717, 1.165) is 18.2 Å². The molecule has 5 nitrogen and oxygen atoms in total. The van der Waals surface area contributed by atoms with Crippen LogP contribution in [-0.2, 0) is 11.3 Å². The SMILES string of the molecule is CCC(C)(CNC(=O)NCc1cc(F)ccc1F)C(=O)O. The Balaban J connectivity index is 2.51. The number of carboxylic acids is 1. The highest BCUT2D eigenvalue weighted by Gasteiger charge is 2.31. The molecule has 0 fully saturated rings. The first-order valence-corrected chi connectivity index (χ1v) is 6.47. The zero-order chi connectivity index (χ0) is 16.0. The van der Waals surface area contributed by atoms with Crippen LogP contribution in [0.4, 0.5) is 13.6 Å². The lowest BCUT2D eigenvalue weighted by Crippen LogP contribution is -2.44. The summed E-state index contributed by atoms with van der Waals surface area (Å²) in [6.45, 7) is 2.97. The molecule has 1 unspecified atom stereocenters. The molecule has 0 saturated carbocycles. The van der Waals surface area contributed by atoms with Crippen LogP contribution in [0.15, 0.2) is 18.2 Å². The van der Waals surface area contributed by atoms with Crippen LogP contribution in [-0.4, -0.2) is 23.7 Å². The lowest BCUT2D eigenvalue weighted by Gasteiger charge is -2.23. The van der Waals surface area contributed by atoms with Gasteiger partial charge >= 0.3 is 12.0 Å². The average molecular weight is 300 g/mol. The number of hydrogen-bond donors (Lipinski definition) is 3. The Bertz CT molecular complexity index is 537. The van der Waals surface area contributed by atoms with Gasteiger partial charge in [0, 0.05) is 18.7 Å². The minimum absolute atomic E-state index is 0.0154. The molecular weight excluding hydrogens is 282 g/mol. The highest BCUT2D eigenvalue weighted by molar-refractivity contribution is 5.77. The quantitative estimate of drug-likeness (QED) is 0.754. The van der Waals surface area contributed by atoms with Gasteiger partial charge in [-0.25, -0.2) is 13.6 Å². The summed E-state index contributed by atoms with van der Waals surface area (Å²) in [5.41, 5.74) is -1.05. The summed E-state index contributed by atoms with van der Waals surface area (Å²) >= 11 is 0. The van der Waals surface area contributed by atoms with Gasteiger partial charge in [0.15, 0.2) is 0 Å². The smallest absolute Gasteiger partial charge is 0.315 e. The van der Waals surface area contributed by atoms with E-state index in [0.29, 0.717) is 6.42 Å². The third-order valence-electron chi connectivity index (χ3n) is 3.38. The van der Waals surface area contributed by atoms with Gasteiger partial charge < -0.3 is 15.7 Å². The number of urea groups is 1. The minimum atomic E-state index is -1.07. The van der Waals surface area contributed by atoms with Crippen molar-refractivity contribution >= 4 is 12.0 Å². The fourth-order valence-corrected chi connectivity index (χ4v) is 1.54. The number of carboxylic acid groups (broad SMARTS) is 1. The highest BCUT2D eigenvalue weighted by Crippen LogP contribution is 2.19. The Morgan fingerprint density at radius 1 is 1.29 bits per heavy atom. The van der Waals surface area contributed by atoms with Crippen molar-refractivity contribution in [3.63, 3.8) is 0 Å². The molecule has 0 saturated heterocycles. The number of halogens is 2. The molecule has 1 rings (SSSR count). The highest BCUT2D eigenvalue weighted by atomic mass is 19.1. The molecule has 0 aromatic heterocycles. The molecule has 116 valence electrons. The monoisotopic (exact) mass is 300 g/mol. The van der Waals surface area contributed by atoms with Crippen LogP contribution in [0.25, 0.3) is 0 Å². The van der Waals surface area contributed by atoms with Gasteiger partial charge in [-0.05, 0) is 31.5 Å². The van der Waals surface area contributed by atoms with Gasteiger partial charge in [-0.2, -0.15) is 0 Å². The number of rotatable bonds is 6. The predicted molar refractivity (Wildman–Crippen MR) is 72.6 cm³/mol. The van der Waals surface area contributed by atoms with E-state index in [1.165, 1.54) is 6.92 Å². The first kappa shape index (κ1) is 16.9. The maximum absolute atomic E-state index is 13.3. The third kappa shape index (κ3) is 4.70. The second-order valence-electron chi connectivity index (χ2n) is 4.99. The van der Waals surface area contributed by atoms with E-state index in [-0.39, 0.29) is 18.7 Å². The molecule has 7 heteroatoms. The van der Waals surface area contributed by atoms with Gasteiger partial charge in [0.2, 0.25) is 0 Å². The molecule has 0 bridgehead atoms. The van der Waals surface area contributed by atoms with Crippen LogP contribution in [0.2, 0.25) is 0 Å². The van der Waals surface area contributed by atoms with Crippen molar-refractivity contribution in [3.8, 4) is 0 Å². The largest absolute Gasteiger partial charge is 0.481 e. The van der Waals surface area contributed by atoms with E-state index in [9.17, 15) is 18.4 Å². The molecule has 1 atom stereocenters. The van der Waals surface area contributed by atoms with E-state index in [4.69, 9.17) is 5.11 Å². The molecule has 0 spiro atoms. The topological polar surface area (TPSA) is 78.4 Å². The van der Waals surface area contributed by atoms with Gasteiger partial charge in [-0.1, -0.05) is 6.92 Å². The van der Waals surface area contributed by atoms with Crippen molar-refractivity contribution in [3.05, 3.63) is 35.4 Å². The summed E-state index contributed by atoms with van der Waals surface area (Å²) in [6, 6.07) is 2.31. The van der Waals surface area contributed by atoms with Crippen LogP contribution in [0.1, 0.15) is 25.8 Å².